The number of rotatable bonds is 2. The summed E-state index contributed by atoms with van der Waals surface area (Å²) in [6.45, 7) is 3.32. The predicted octanol–water partition coefficient (Wildman–Crippen LogP) is 3.72. The maximum Gasteiger partial charge on any atom is 0.0640 e. The van der Waals surface area contributed by atoms with E-state index in [1.165, 1.54) is 24.8 Å². The lowest BCUT2D eigenvalue weighted by atomic mass is 9.91. The third-order valence-corrected chi connectivity index (χ3v) is 3.19. The molecule has 0 radical (unpaired) electrons. The van der Waals surface area contributed by atoms with Crippen LogP contribution < -0.4 is 5.32 Å². The summed E-state index contributed by atoms with van der Waals surface area (Å²) in [5, 5.41) is 4.29. The third-order valence-electron chi connectivity index (χ3n) is 2.87. The third kappa shape index (κ3) is 1.88. The van der Waals surface area contributed by atoms with E-state index in [4.69, 9.17) is 11.6 Å². The Kier molecular flexibility index (Phi) is 2.97. The quantitative estimate of drug-likeness (QED) is 0.783. The molecule has 0 aromatic heterocycles. The van der Waals surface area contributed by atoms with E-state index < -0.39 is 0 Å². The van der Waals surface area contributed by atoms with Crippen molar-refractivity contribution in [2.24, 2.45) is 5.92 Å². The predicted molar refractivity (Wildman–Crippen MR) is 62.0 cm³/mol. The maximum absolute atomic E-state index is 6.10. The first-order valence-electron chi connectivity index (χ1n) is 5.32. The molecule has 1 aliphatic rings. The summed E-state index contributed by atoms with van der Waals surface area (Å²) in [6, 6.07) is 6.17. The largest absolute Gasteiger partial charge is 0.383 e. The molecule has 1 atom stereocenters. The van der Waals surface area contributed by atoms with Crippen LogP contribution in [0.2, 0.25) is 5.02 Å². The summed E-state index contributed by atoms with van der Waals surface area (Å²) in [7, 11) is 0. The number of para-hydroxylation sites is 1. The van der Waals surface area contributed by atoms with Gasteiger partial charge in [-0.15, -0.1) is 0 Å². The SMILES string of the molecule is CCCC1CNc2c(Cl)cccc2C1. The number of benzene rings is 1. The fraction of sp³-hybridized carbons (Fsp3) is 0.500. The summed E-state index contributed by atoms with van der Waals surface area (Å²) in [5.41, 5.74) is 2.53. The second-order valence-electron chi connectivity index (χ2n) is 4.01. The highest BCUT2D eigenvalue weighted by Gasteiger charge is 2.18. The molecule has 1 aromatic rings. The van der Waals surface area contributed by atoms with E-state index in [0.29, 0.717) is 0 Å². The minimum atomic E-state index is 0.783. The highest BCUT2D eigenvalue weighted by atomic mass is 35.5. The Morgan fingerprint density at radius 2 is 2.36 bits per heavy atom. The molecule has 1 aromatic carbocycles. The molecule has 76 valence electrons. The molecule has 1 nitrogen and oxygen atoms in total. The average Bonchev–Trinajstić information content (AvgIpc) is 2.18. The Bertz CT molecular complexity index is 322. The van der Waals surface area contributed by atoms with Gasteiger partial charge in [-0.05, 0) is 30.4 Å². The second kappa shape index (κ2) is 4.22. The molecule has 0 saturated heterocycles. The highest BCUT2D eigenvalue weighted by molar-refractivity contribution is 6.33. The van der Waals surface area contributed by atoms with Gasteiger partial charge in [0.05, 0.1) is 10.7 Å². The van der Waals surface area contributed by atoms with Gasteiger partial charge in [-0.2, -0.15) is 0 Å². The van der Waals surface area contributed by atoms with Gasteiger partial charge in [-0.25, -0.2) is 0 Å². The normalized spacial score (nSPS) is 20.0. The summed E-state index contributed by atoms with van der Waals surface area (Å²) >= 11 is 6.10. The summed E-state index contributed by atoms with van der Waals surface area (Å²) in [6.07, 6.45) is 3.75. The van der Waals surface area contributed by atoms with Gasteiger partial charge >= 0.3 is 0 Å². The Balaban J connectivity index is 2.18. The monoisotopic (exact) mass is 209 g/mol. The van der Waals surface area contributed by atoms with Crippen molar-refractivity contribution in [1.29, 1.82) is 0 Å². The van der Waals surface area contributed by atoms with Gasteiger partial charge < -0.3 is 5.32 Å². The van der Waals surface area contributed by atoms with Gasteiger partial charge in [-0.1, -0.05) is 37.1 Å². The number of hydrogen-bond donors (Lipinski definition) is 1. The first-order chi connectivity index (χ1) is 6.81. The van der Waals surface area contributed by atoms with Crippen molar-refractivity contribution in [3.8, 4) is 0 Å². The zero-order valence-corrected chi connectivity index (χ0v) is 9.27. The lowest BCUT2D eigenvalue weighted by Gasteiger charge is -2.26. The molecule has 0 amide bonds. The minimum absolute atomic E-state index is 0.783. The molecule has 0 fully saturated rings. The van der Waals surface area contributed by atoms with E-state index in [1.807, 2.05) is 12.1 Å². The van der Waals surface area contributed by atoms with Gasteiger partial charge in [0, 0.05) is 6.54 Å². The van der Waals surface area contributed by atoms with E-state index in [0.717, 1.165) is 23.2 Å². The molecule has 14 heavy (non-hydrogen) atoms. The summed E-state index contributed by atoms with van der Waals surface area (Å²) < 4.78 is 0. The van der Waals surface area contributed by atoms with E-state index in [9.17, 15) is 0 Å². The van der Waals surface area contributed by atoms with Crippen molar-refractivity contribution in [2.45, 2.75) is 26.2 Å². The average molecular weight is 210 g/mol. The standard InChI is InChI=1S/C12H16ClN/c1-2-4-9-7-10-5-3-6-11(13)12(10)14-8-9/h3,5-6,9,14H,2,4,7-8H2,1H3. The second-order valence-corrected chi connectivity index (χ2v) is 4.42. The lowest BCUT2D eigenvalue weighted by Crippen LogP contribution is -2.23. The fourth-order valence-corrected chi connectivity index (χ4v) is 2.44. The molecule has 2 heteroatoms. The molecule has 0 saturated carbocycles. The number of fused-ring (bicyclic) bond motifs is 1. The zero-order valence-electron chi connectivity index (χ0n) is 8.52. The van der Waals surface area contributed by atoms with Crippen LogP contribution in [0.3, 0.4) is 0 Å². The van der Waals surface area contributed by atoms with Crippen molar-refractivity contribution in [3.05, 3.63) is 28.8 Å². The van der Waals surface area contributed by atoms with Crippen LogP contribution in [0.15, 0.2) is 18.2 Å². The topological polar surface area (TPSA) is 12.0 Å². The number of halogens is 1. The minimum Gasteiger partial charge on any atom is -0.383 e. The molecule has 0 aliphatic carbocycles. The van der Waals surface area contributed by atoms with E-state index in [2.05, 4.69) is 18.3 Å². The van der Waals surface area contributed by atoms with E-state index in [1.54, 1.807) is 0 Å². The Morgan fingerprint density at radius 3 is 3.14 bits per heavy atom. The maximum atomic E-state index is 6.10. The smallest absolute Gasteiger partial charge is 0.0640 e. The van der Waals surface area contributed by atoms with Crippen molar-refractivity contribution in [3.63, 3.8) is 0 Å². The molecule has 1 N–H and O–H groups in total. The van der Waals surface area contributed by atoms with Crippen LogP contribution in [0.25, 0.3) is 0 Å². The first kappa shape index (κ1) is 9.85. The van der Waals surface area contributed by atoms with Crippen LogP contribution in [0.5, 0.6) is 0 Å². The van der Waals surface area contributed by atoms with Crippen LogP contribution in [-0.2, 0) is 6.42 Å². The molecule has 0 spiro atoms. The van der Waals surface area contributed by atoms with Gasteiger partial charge in [0.2, 0.25) is 0 Å². The lowest BCUT2D eigenvalue weighted by molar-refractivity contribution is 0.489. The molecule has 2 rings (SSSR count). The Morgan fingerprint density at radius 1 is 1.50 bits per heavy atom. The van der Waals surface area contributed by atoms with Gasteiger partial charge in [0.15, 0.2) is 0 Å². The molecular formula is C12H16ClN. The van der Waals surface area contributed by atoms with Crippen LogP contribution in [0.1, 0.15) is 25.3 Å². The summed E-state index contributed by atoms with van der Waals surface area (Å²) in [4.78, 5) is 0. The van der Waals surface area contributed by atoms with Crippen LogP contribution in [0.4, 0.5) is 5.69 Å². The number of hydrogen-bond acceptors (Lipinski definition) is 1. The molecular weight excluding hydrogens is 194 g/mol. The van der Waals surface area contributed by atoms with Gasteiger partial charge in [-0.3, -0.25) is 0 Å². The molecule has 1 heterocycles. The molecule has 1 unspecified atom stereocenters. The van der Waals surface area contributed by atoms with Crippen molar-refractivity contribution in [2.75, 3.05) is 11.9 Å². The molecule has 0 bridgehead atoms. The van der Waals surface area contributed by atoms with Crippen molar-refractivity contribution >= 4 is 17.3 Å². The Hall–Kier alpha value is -0.690. The van der Waals surface area contributed by atoms with Crippen LogP contribution in [0, 0.1) is 5.92 Å². The molecule has 1 aliphatic heterocycles. The van der Waals surface area contributed by atoms with Crippen molar-refractivity contribution in [1.82, 2.24) is 0 Å². The van der Waals surface area contributed by atoms with Crippen molar-refractivity contribution < 1.29 is 0 Å². The first-order valence-corrected chi connectivity index (χ1v) is 5.70. The fourth-order valence-electron chi connectivity index (χ4n) is 2.18. The van der Waals surface area contributed by atoms with Crippen LogP contribution >= 0.6 is 11.6 Å². The van der Waals surface area contributed by atoms with E-state index in [-0.39, 0.29) is 0 Å². The highest BCUT2D eigenvalue weighted by Crippen LogP contribution is 2.32. The zero-order chi connectivity index (χ0) is 9.97. The Labute approximate surface area is 90.5 Å². The van der Waals surface area contributed by atoms with E-state index >= 15 is 0 Å². The number of nitrogens with one attached hydrogen (secondary N) is 1. The number of anilines is 1. The van der Waals surface area contributed by atoms with Gasteiger partial charge in [0.1, 0.15) is 0 Å². The van der Waals surface area contributed by atoms with Crippen LogP contribution in [-0.4, -0.2) is 6.54 Å². The van der Waals surface area contributed by atoms with Gasteiger partial charge in [0.25, 0.3) is 0 Å². The summed E-state index contributed by atoms with van der Waals surface area (Å²) in [5.74, 6) is 0.783.